The number of nitrogens with zero attached hydrogens (tertiary/aromatic N) is 1. The molecule has 0 aromatic heterocycles. The fourth-order valence-electron chi connectivity index (χ4n) is 2.43. The molecule has 3 N–H and O–H groups in total. The number of amides is 1. The van der Waals surface area contributed by atoms with Crippen LogP contribution in [0.4, 0.5) is 0 Å². The van der Waals surface area contributed by atoms with E-state index in [-0.39, 0.29) is 11.3 Å². The van der Waals surface area contributed by atoms with E-state index >= 15 is 0 Å². The molecule has 4 heteroatoms. The first-order chi connectivity index (χ1) is 8.80. The molecule has 1 rings (SSSR count). The maximum atomic E-state index is 11.9. The number of carbonyl (C=O) groups is 1. The topological polar surface area (TPSA) is 58.4 Å². The van der Waals surface area contributed by atoms with Gasteiger partial charge >= 0.3 is 0 Å². The SMILES string of the molecule is CC(CNC(=O)[C@@H](N)C(C)(C)C)CN1CCCCC1. The molecule has 0 saturated carbocycles. The van der Waals surface area contributed by atoms with Gasteiger partial charge in [-0.15, -0.1) is 0 Å². The molecule has 1 fully saturated rings. The fourth-order valence-corrected chi connectivity index (χ4v) is 2.43. The minimum atomic E-state index is -0.435. The maximum Gasteiger partial charge on any atom is 0.237 e. The number of likely N-dealkylation sites (tertiary alicyclic amines) is 1. The summed E-state index contributed by atoms with van der Waals surface area (Å²) in [6.07, 6.45) is 3.99. The lowest BCUT2D eigenvalue weighted by molar-refractivity contribution is -0.124. The highest BCUT2D eigenvalue weighted by Crippen LogP contribution is 2.17. The van der Waals surface area contributed by atoms with Gasteiger partial charge in [0.25, 0.3) is 0 Å². The van der Waals surface area contributed by atoms with E-state index in [1.165, 1.54) is 32.4 Å². The second-order valence-electron chi connectivity index (χ2n) is 7.06. The summed E-state index contributed by atoms with van der Waals surface area (Å²) >= 11 is 0. The second-order valence-corrected chi connectivity index (χ2v) is 7.06. The van der Waals surface area contributed by atoms with Gasteiger partial charge in [0.1, 0.15) is 0 Å². The lowest BCUT2D eigenvalue weighted by Crippen LogP contribution is -2.50. The van der Waals surface area contributed by atoms with Crippen molar-refractivity contribution in [2.45, 2.75) is 53.0 Å². The van der Waals surface area contributed by atoms with Gasteiger partial charge in [-0.3, -0.25) is 4.79 Å². The number of rotatable bonds is 5. The average molecular weight is 269 g/mol. The molecule has 4 nitrogen and oxygen atoms in total. The van der Waals surface area contributed by atoms with Crippen LogP contribution in [0.5, 0.6) is 0 Å². The molecule has 0 spiro atoms. The molecule has 0 radical (unpaired) electrons. The zero-order valence-electron chi connectivity index (χ0n) is 13.0. The van der Waals surface area contributed by atoms with E-state index in [0.717, 1.165) is 13.1 Å². The summed E-state index contributed by atoms with van der Waals surface area (Å²) in [4.78, 5) is 14.4. The standard InChI is InChI=1S/C15H31N3O/c1-12(11-18-8-6-5-7-9-18)10-17-14(19)13(16)15(2,3)4/h12-13H,5-11,16H2,1-4H3,(H,17,19)/t12?,13-/m1/s1. The minimum Gasteiger partial charge on any atom is -0.354 e. The Morgan fingerprint density at radius 1 is 1.26 bits per heavy atom. The van der Waals surface area contributed by atoms with Crippen LogP contribution in [0, 0.1) is 11.3 Å². The van der Waals surface area contributed by atoms with E-state index in [4.69, 9.17) is 5.73 Å². The van der Waals surface area contributed by atoms with Crippen LogP contribution in [0.25, 0.3) is 0 Å². The van der Waals surface area contributed by atoms with Crippen LogP contribution >= 0.6 is 0 Å². The zero-order chi connectivity index (χ0) is 14.5. The third kappa shape index (κ3) is 5.91. The Kier molecular flexibility index (Phi) is 6.27. The number of nitrogens with two attached hydrogens (primary N) is 1. The van der Waals surface area contributed by atoms with Gasteiger partial charge in [-0.25, -0.2) is 0 Å². The van der Waals surface area contributed by atoms with Crippen molar-refractivity contribution >= 4 is 5.91 Å². The molecule has 0 aromatic carbocycles. The van der Waals surface area contributed by atoms with Gasteiger partial charge in [-0.1, -0.05) is 34.1 Å². The highest BCUT2D eigenvalue weighted by atomic mass is 16.2. The Hall–Kier alpha value is -0.610. The number of nitrogens with one attached hydrogen (secondary N) is 1. The van der Waals surface area contributed by atoms with Gasteiger partial charge in [0.05, 0.1) is 6.04 Å². The molecule has 1 aliphatic heterocycles. The predicted molar refractivity (Wildman–Crippen MR) is 79.9 cm³/mol. The average Bonchev–Trinajstić information content (AvgIpc) is 2.35. The molecule has 0 bridgehead atoms. The number of hydrogen-bond donors (Lipinski definition) is 2. The Balaban J connectivity index is 2.25. The molecule has 1 unspecified atom stereocenters. The van der Waals surface area contributed by atoms with E-state index in [1.807, 2.05) is 20.8 Å². The van der Waals surface area contributed by atoms with E-state index in [0.29, 0.717) is 5.92 Å². The summed E-state index contributed by atoms with van der Waals surface area (Å²) in [5.41, 5.74) is 5.76. The summed E-state index contributed by atoms with van der Waals surface area (Å²) < 4.78 is 0. The number of piperidine rings is 1. The lowest BCUT2D eigenvalue weighted by atomic mass is 9.87. The maximum absolute atomic E-state index is 11.9. The second kappa shape index (κ2) is 7.25. The molecule has 1 aliphatic rings. The molecule has 1 saturated heterocycles. The van der Waals surface area contributed by atoms with Crippen LogP contribution in [0.15, 0.2) is 0 Å². The highest BCUT2D eigenvalue weighted by Gasteiger charge is 2.27. The first-order valence-corrected chi connectivity index (χ1v) is 7.56. The Morgan fingerprint density at radius 3 is 2.37 bits per heavy atom. The molecular weight excluding hydrogens is 238 g/mol. The highest BCUT2D eigenvalue weighted by molar-refractivity contribution is 5.82. The largest absolute Gasteiger partial charge is 0.354 e. The van der Waals surface area contributed by atoms with Crippen LogP contribution in [0.1, 0.15) is 47.0 Å². The molecule has 2 atom stereocenters. The summed E-state index contributed by atoms with van der Waals surface area (Å²) in [5, 5.41) is 2.99. The van der Waals surface area contributed by atoms with Crippen LogP contribution in [-0.2, 0) is 4.79 Å². The van der Waals surface area contributed by atoms with Gasteiger partial charge in [0.2, 0.25) is 5.91 Å². The summed E-state index contributed by atoms with van der Waals surface area (Å²) in [6, 6.07) is -0.435. The quantitative estimate of drug-likeness (QED) is 0.797. The van der Waals surface area contributed by atoms with Gasteiger partial charge in [0.15, 0.2) is 0 Å². The summed E-state index contributed by atoms with van der Waals surface area (Å²) in [5.74, 6) is 0.451. The molecule has 19 heavy (non-hydrogen) atoms. The Morgan fingerprint density at radius 2 is 1.84 bits per heavy atom. The van der Waals surface area contributed by atoms with Crippen molar-refractivity contribution in [1.82, 2.24) is 10.2 Å². The fraction of sp³-hybridized carbons (Fsp3) is 0.933. The van der Waals surface area contributed by atoms with Crippen molar-refractivity contribution < 1.29 is 4.79 Å². The third-order valence-electron chi connectivity index (χ3n) is 3.86. The third-order valence-corrected chi connectivity index (χ3v) is 3.86. The minimum absolute atomic E-state index is 0.0296. The van der Waals surface area contributed by atoms with E-state index in [2.05, 4.69) is 17.1 Å². The van der Waals surface area contributed by atoms with Crippen molar-refractivity contribution in [3.8, 4) is 0 Å². The van der Waals surface area contributed by atoms with Crippen LogP contribution < -0.4 is 11.1 Å². The Labute approximate surface area is 118 Å². The van der Waals surface area contributed by atoms with E-state index < -0.39 is 6.04 Å². The number of carbonyl (C=O) groups excluding carboxylic acids is 1. The molecule has 1 heterocycles. The lowest BCUT2D eigenvalue weighted by Gasteiger charge is -2.30. The van der Waals surface area contributed by atoms with Gasteiger partial charge in [-0.2, -0.15) is 0 Å². The molecule has 1 amide bonds. The van der Waals surface area contributed by atoms with Crippen LogP contribution in [0.2, 0.25) is 0 Å². The molecule has 0 aromatic rings. The van der Waals surface area contributed by atoms with Crippen molar-refractivity contribution in [3.05, 3.63) is 0 Å². The molecule has 112 valence electrons. The zero-order valence-corrected chi connectivity index (χ0v) is 13.0. The van der Waals surface area contributed by atoms with Gasteiger partial charge in [0, 0.05) is 13.1 Å². The van der Waals surface area contributed by atoms with Crippen LogP contribution in [0.3, 0.4) is 0 Å². The van der Waals surface area contributed by atoms with Crippen molar-refractivity contribution in [1.29, 1.82) is 0 Å². The van der Waals surface area contributed by atoms with Crippen molar-refractivity contribution in [3.63, 3.8) is 0 Å². The smallest absolute Gasteiger partial charge is 0.237 e. The molecular formula is C15H31N3O. The van der Waals surface area contributed by atoms with Crippen molar-refractivity contribution in [2.75, 3.05) is 26.2 Å². The van der Waals surface area contributed by atoms with E-state index in [1.54, 1.807) is 0 Å². The normalized spacial score (nSPS) is 20.9. The number of hydrogen-bond acceptors (Lipinski definition) is 3. The van der Waals surface area contributed by atoms with Crippen molar-refractivity contribution in [2.24, 2.45) is 17.1 Å². The van der Waals surface area contributed by atoms with E-state index in [9.17, 15) is 4.79 Å². The predicted octanol–water partition coefficient (Wildman–Crippen LogP) is 1.60. The summed E-state index contributed by atoms with van der Waals surface area (Å²) in [7, 11) is 0. The van der Waals surface area contributed by atoms with Gasteiger partial charge < -0.3 is 16.0 Å². The van der Waals surface area contributed by atoms with Crippen LogP contribution in [-0.4, -0.2) is 43.0 Å². The van der Waals surface area contributed by atoms with Gasteiger partial charge in [-0.05, 0) is 37.3 Å². The Bertz CT molecular complexity index is 280. The molecule has 0 aliphatic carbocycles. The first kappa shape index (κ1) is 16.4. The monoisotopic (exact) mass is 269 g/mol. The first-order valence-electron chi connectivity index (χ1n) is 7.56. The summed E-state index contributed by atoms with van der Waals surface area (Å²) in [6.45, 7) is 12.4.